The van der Waals surface area contributed by atoms with Gasteiger partial charge < -0.3 is 5.32 Å². The molecule has 1 N–H and O–H groups in total. The van der Waals surface area contributed by atoms with Crippen LogP contribution in [0.1, 0.15) is 37.3 Å². The number of benzene rings is 1. The SMILES string of the molecule is CCSC1CCCC1NCc1c(F)cc(C#N)cc1F. The van der Waals surface area contributed by atoms with Gasteiger partial charge in [0.2, 0.25) is 0 Å². The van der Waals surface area contributed by atoms with Gasteiger partial charge in [0.1, 0.15) is 11.6 Å². The number of halogens is 2. The summed E-state index contributed by atoms with van der Waals surface area (Å²) in [6, 6.07) is 4.25. The molecule has 0 bridgehead atoms. The van der Waals surface area contributed by atoms with Crippen LogP contribution in [-0.4, -0.2) is 17.0 Å². The standard InChI is InChI=1S/C15H18F2N2S/c1-2-20-15-5-3-4-14(15)19-9-11-12(16)6-10(8-18)7-13(11)17/h6-7,14-15,19H,2-5,9H2,1H3. The molecule has 1 aliphatic rings. The number of hydrogen-bond donors (Lipinski definition) is 1. The smallest absolute Gasteiger partial charge is 0.131 e. The summed E-state index contributed by atoms with van der Waals surface area (Å²) in [6.07, 6.45) is 3.37. The van der Waals surface area contributed by atoms with E-state index in [2.05, 4.69) is 12.2 Å². The van der Waals surface area contributed by atoms with Gasteiger partial charge in [0.05, 0.1) is 11.6 Å². The molecule has 0 saturated heterocycles. The predicted molar refractivity (Wildman–Crippen MR) is 77.5 cm³/mol. The molecule has 1 aliphatic carbocycles. The van der Waals surface area contributed by atoms with E-state index in [0.29, 0.717) is 11.3 Å². The molecule has 0 amide bonds. The average Bonchev–Trinajstić information content (AvgIpc) is 2.85. The highest BCUT2D eigenvalue weighted by Gasteiger charge is 2.27. The van der Waals surface area contributed by atoms with Gasteiger partial charge in [0.15, 0.2) is 0 Å². The van der Waals surface area contributed by atoms with Crippen LogP contribution in [0.15, 0.2) is 12.1 Å². The Kier molecular flexibility index (Phi) is 5.38. The average molecular weight is 296 g/mol. The van der Waals surface area contributed by atoms with E-state index in [1.54, 1.807) is 6.07 Å². The topological polar surface area (TPSA) is 35.8 Å². The van der Waals surface area contributed by atoms with Crippen molar-refractivity contribution in [3.8, 4) is 6.07 Å². The number of thioether (sulfide) groups is 1. The lowest BCUT2D eigenvalue weighted by atomic mass is 10.1. The Morgan fingerprint density at radius 3 is 2.65 bits per heavy atom. The van der Waals surface area contributed by atoms with E-state index < -0.39 is 11.6 Å². The van der Waals surface area contributed by atoms with Crippen LogP contribution >= 0.6 is 11.8 Å². The number of hydrogen-bond acceptors (Lipinski definition) is 3. The Morgan fingerprint density at radius 1 is 1.35 bits per heavy atom. The third-order valence-corrected chi connectivity index (χ3v) is 4.97. The van der Waals surface area contributed by atoms with Gasteiger partial charge in [-0.05, 0) is 30.7 Å². The molecule has 20 heavy (non-hydrogen) atoms. The minimum absolute atomic E-state index is 0.0176. The maximum absolute atomic E-state index is 13.8. The molecule has 1 aromatic carbocycles. The molecule has 5 heteroatoms. The van der Waals surface area contributed by atoms with Crippen molar-refractivity contribution in [3.05, 3.63) is 34.9 Å². The Hall–Kier alpha value is -1.12. The molecule has 1 aromatic rings. The second-order valence-corrected chi connectivity index (χ2v) is 6.46. The Labute approximate surface area is 122 Å². The number of rotatable bonds is 5. The van der Waals surface area contributed by atoms with Crippen molar-refractivity contribution >= 4 is 11.8 Å². The largest absolute Gasteiger partial charge is 0.309 e. The molecule has 108 valence electrons. The second-order valence-electron chi connectivity index (χ2n) is 4.94. The summed E-state index contributed by atoms with van der Waals surface area (Å²) in [4.78, 5) is 0. The van der Waals surface area contributed by atoms with E-state index in [1.807, 2.05) is 11.8 Å². The fourth-order valence-electron chi connectivity index (χ4n) is 2.64. The molecule has 1 saturated carbocycles. The zero-order chi connectivity index (χ0) is 14.5. The Balaban J connectivity index is 2.02. The van der Waals surface area contributed by atoms with Gasteiger partial charge in [-0.2, -0.15) is 17.0 Å². The third-order valence-electron chi connectivity index (χ3n) is 3.64. The lowest BCUT2D eigenvalue weighted by Crippen LogP contribution is -2.34. The summed E-state index contributed by atoms with van der Waals surface area (Å²) in [5.41, 5.74) is 0.0418. The molecule has 2 nitrogen and oxygen atoms in total. The summed E-state index contributed by atoms with van der Waals surface area (Å²) in [5.74, 6) is -0.235. The normalized spacial score (nSPS) is 21.9. The summed E-state index contributed by atoms with van der Waals surface area (Å²) < 4.78 is 27.6. The zero-order valence-electron chi connectivity index (χ0n) is 11.5. The van der Waals surface area contributed by atoms with E-state index in [9.17, 15) is 8.78 Å². The summed E-state index contributed by atoms with van der Waals surface area (Å²) in [7, 11) is 0. The minimum atomic E-state index is -0.647. The Bertz CT molecular complexity index is 490. The molecule has 0 heterocycles. The molecule has 0 aromatic heterocycles. The number of nitrogens with one attached hydrogen (secondary N) is 1. The highest BCUT2D eigenvalue weighted by atomic mass is 32.2. The predicted octanol–water partition coefficient (Wildman–Crippen LogP) is 3.60. The van der Waals surface area contributed by atoms with Gasteiger partial charge in [0, 0.05) is 23.4 Å². The molecular weight excluding hydrogens is 278 g/mol. The van der Waals surface area contributed by atoms with E-state index >= 15 is 0 Å². The van der Waals surface area contributed by atoms with Gasteiger partial charge in [-0.1, -0.05) is 13.3 Å². The highest BCUT2D eigenvalue weighted by molar-refractivity contribution is 7.99. The van der Waals surface area contributed by atoms with Crippen LogP contribution in [0.2, 0.25) is 0 Å². The van der Waals surface area contributed by atoms with Crippen molar-refractivity contribution < 1.29 is 8.78 Å². The van der Waals surface area contributed by atoms with E-state index in [0.717, 1.165) is 37.1 Å². The van der Waals surface area contributed by atoms with Crippen molar-refractivity contribution in [2.75, 3.05) is 5.75 Å². The molecule has 1 fully saturated rings. The van der Waals surface area contributed by atoms with Crippen molar-refractivity contribution in [3.63, 3.8) is 0 Å². The van der Waals surface area contributed by atoms with Crippen LogP contribution in [0.3, 0.4) is 0 Å². The van der Waals surface area contributed by atoms with Crippen LogP contribution in [0.5, 0.6) is 0 Å². The van der Waals surface area contributed by atoms with E-state index in [-0.39, 0.29) is 17.7 Å². The summed E-state index contributed by atoms with van der Waals surface area (Å²) in [5, 5.41) is 12.5. The number of nitrogens with zero attached hydrogens (tertiary/aromatic N) is 1. The van der Waals surface area contributed by atoms with Crippen LogP contribution < -0.4 is 5.32 Å². The quantitative estimate of drug-likeness (QED) is 0.902. The third kappa shape index (κ3) is 3.50. The van der Waals surface area contributed by atoms with Crippen molar-refractivity contribution in [1.29, 1.82) is 5.26 Å². The second kappa shape index (κ2) is 7.05. The van der Waals surface area contributed by atoms with Crippen LogP contribution in [0.4, 0.5) is 8.78 Å². The van der Waals surface area contributed by atoms with Crippen molar-refractivity contribution in [2.24, 2.45) is 0 Å². The van der Waals surface area contributed by atoms with Gasteiger partial charge in [-0.15, -0.1) is 0 Å². The molecule has 2 unspecified atom stereocenters. The fraction of sp³-hybridized carbons (Fsp3) is 0.533. The summed E-state index contributed by atoms with van der Waals surface area (Å²) >= 11 is 1.90. The van der Waals surface area contributed by atoms with E-state index in [1.165, 1.54) is 0 Å². The molecule has 0 spiro atoms. The van der Waals surface area contributed by atoms with Crippen molar-refractivity contribution in [1.82, 2.24) is 5.32 Å². The number of nitriles is 1. The molecule has 2 atom stereocenters. The van der Waals surface area contributed by atoms with Gasteiger partial charge in [-0.3, -0.25) is 0 Å². The van der Waals surface area contributed by atoms with Crippen LogP contribution in [0, 0.1) is 23.0 Å². The maximum Gasteiger partial charge on any atom is 0.131 e. The minimum Gasteiger partial charge on any atom is -0.309 e. The molecule has 0 radical (unpaired) electrons. The first kappa shape index (κ1) is 15.3. The van der Waals surface area contributed by atoms with Crippen LogP contribution in [0.25, 0.3) is 0 Å². The van der Waals surface area contributed by atoms with E-state index in [4.69, 9.17) is 5.26 Å². The first-order valence-corrected chi connectivity index (χ1v) is 7.93. The first-order chi connectivity index (χ1) is 9.65. The zero-order valence-corrected chi connectivity index (χ0v) is 12.3. The van der Waals surface area contributed by atoms with Crippen LogP contribution in [-0.2, 0) is 6.54 Å². The summed E-state index contributed by atoms with van der Waals surface area (Å²) in [6.45, 7) is 2.30. The Morgan fingerprint density at radius 2 is 2.05 bits per heavy atom. The molecular formula is C15H18F2N2S. The van der Waals surface area contributed by atoms with Gasteiger partial charge >= 0.3 is 0 Å². The monoisotopic (exact) mass is 296 g/mol. The lowest BCUT2D eigenvalue weighted by molar-refractivity contribution is 0.491. The van der Waals surface area contributed by atoms with Gasteiger partial charge in [-0.25, -0.2) is 8.78 Å². The molecule has 2 rings (SSSR count). The fourth-order valence-corrected chi connectivity index (χ4v) is 3.87. The highest BCUT2D eigenvalue weighted by Crippen LogP contribution is 2.30. The molecule has 0 aliphatic heterocycles. The maximum atomic E-state index is 13.8. The first-order valence-electron chi connectivity index (χ1n) is 6.88. The van der Waals surface area contributed by atoms with Crippen molar-refractivity contribution in [2.45, 2.75) is 44.0 Å². The van der Waals surface area contributed by atoms with Gasteiger partial charge in [0.25, 0.3) is 0 Å². The lowest BCUT2D eigenvalue weighted by Gasteiger charge is -2.20.